The van der Waals surface area contributed by atoms with E-state index in [0.717, 1.165) is 10.6 Å². The van der Waals surface area contributed by atoms with E-state index in [1.54, 1.807) is 17.4 Å². The first kappa shape index (κ1) is 6.38. The summed E-state index contributed by atoms with van der Waals surface area (Å²) < 4.78 is 0. The Bertz CT molecular complexity index is 264. The van der Waals surface area contributed by atoms with Gasteiger partial charge in [0.05, 0.1) is 12.4 Å². The predicted molar refractivity (Wildman–Crippen MR) is 40.7 cm³/mol. The molecule has 5 N–H and O–H groups in total. The molecule has 2 heterocycles. The van der Waals surface area contributed by atoms with Crippen molar-refractivity contribution in [2.24, 2.45) is 16.6 Å². The van der Waals surface area contributed by atoms with Crippen molar-refractivity contribution in [3.05, 3.63) is 24.3 Å². The van der Waals surface area contributed by atoms with Gasteiger partial charge in [-0.3, -0.25) is 0 Å². The van der Waals surface area contributed by atoms with Crippen molar-refractivity contribution in [2.75, 3.05) is 6.54 Å². The monoisotopic (exact) mass is 152 g/mol. The van der Waals surface area contributed by atoms with Gasteiger partial charge in [-0.05, 0) is 0 Å². The molecule has 0 saturated heterocycles. The topological polar surface area (TPSA) is 72.1 Å². The van der Waals surface area contributed by atoms with Crippen LogP contribution in [0.5, 0.6) is 0 Å². The third-order valence-electron chi connectivity index (χ3n) is 1.77. The Labute approximate surface area is 64.2 Å². The Balaban J connectivity index is 2.28. The Morgan fingerprint density at radius 1 is 1.64 bits per heavy atom. The molecule has 0 spiro atoms. The Morgan fingerprint density at radius 3 is 3.27 bits per heavy atom. The predicted octanol–water partition coefficient (Wildman–Crippen LogP) is -2.30. The van der Waals surface area contributed by atoms with Crippen molar-refractivity contribution in [3.63, 3.8) is 0 Å². The number of hydrazine groups is 1. The number of quaternary nitrogens is 1. The smallest absolute Gasteiger partial charge is 0.307 e. The molecule has 0 radical (unpaired) electrons. The van der Waals surface area contributed by atoms with E-state index in [-0.39, 0.29) is 0 Å². The fraction of sp³-hybridized carbons (Fsp3) is 0.167. The number of nitrogens with one attached hydrogen (secondary N) is 1. The second-order valence-corrected chi connectivity index (χ2v) is 2.57. The first-order valence-electron chi connectivity index (χ1n) is 3.37. The van der Waals surface area contributed by atoms with Crippen molar-refractivity contribution < 1.29 is 4.90 Å². The van der Waals surface area contributed by atoms with E-state index in [2.05, 4.69) is 4.99 Å². The minimum absolute atomic E-state index is 0.587. The molecule has 1 atom stereocenters. The molecule has 0 aromatic heterocycles. The van der Waals surface area contributed by atoms with Gasteiger partial charge in [0.1, 0.15) is 12.7 Å². The van der Waals surface area contributed by atoms with Crippen LogP contribution in [0.2, 0.25) is 0 Å². The van der Waals surface area contributed by atoms with E-state index in [1.165, 1.54) is 0 Å². The van der Waals surface area contributed by atoms with Crippen LogP contribution >= 0.6 is 0 Å². The zero-order chi connectivity index (χ0) is 7.84. The number of aliphatic imine (C=N–C) groups is 1. The van der Waals surface area contributed by atoms with Crippen LogP contribution in [0.25, 0.3) is 0 Å². The summed E-state index contributed by atoms with van der Waals surface area (Å²) in [5.41, 5.74) is 6.68. The molecule has 5 nitrogen and oxygen atoms in total. The molecule has 11 heavy (non-hydrogen) atoms. The molecular weight excluding hydrogens is 142 g/mol. The van der Waals surface area contributed by atoms with Crippen molar-refractivity contribution in [3.8, 4) is 0 Å². The summed E-state index contributed by atoms with van der Waals surface area (Å²) in [4.78, 5) is 4.98. The lowest BCUT2D eigenvalue weighted by Gasteiger charge is -2.21. The van der Waals surface area contributed by atoms with E-state index in [9.17, 15) is 0 Å². The van der Waals surface area contributed by atoms with Gasteiger partial charge in [-0.15, -0.1) is 0 Å². The minimum atomic E-state index is 0.587. The van der Waals surface area contributed by atoms with Crippen molar-refractivity contribution in [2.45, 2.75) is 0 Å². The van der Waals surface area contributed by atoms with Gasteiger partial charge in [0.25, 0.3) is 0 Å². The van der Waals surface area contributed by atoms with Gasteiger partial charge in [0.15, 0.2) is 5.70 Å². The van der Waals surface area contributed by atoms with Crippen LogP contribution in [0.3, 0.4) is 0 Å². The van der Waals surface area contributed by atoms with Crippen LogP contribution in [0, 0.1) is 0 Å². The van der Waals surface area contributed by atoms with E-state index in [4.69, 9.17) is 11.6 Å². The number of nitrogens with zero attached hydrogens (tertiary/aromatic N) is 2. The van der Waals surface area contributed by atoms with Gasteiger partial charge < -0.3 is 10.7 Å². The highest BCUT2D eigenvalue weighted by molar-refractivity contribution is 5.72. The van der Waals surface area contributed by atoms with E-state index in [0.29, 0.717) is 12.5 Å². The van der Waals surface area contributed by atoms with Crippen molar-refractivity contribution in [1.29, 1.82) is 0 Å². The van der Waals surface area contributed by atoms with Gasteiger partial charge in [-0.25, -0.2) is 10.7 Å². The molecule has 5 heteroatoms. The number of hydrogen-bond acceptors (Lipinski definition) is 4. The third kappa shape index (κ3) is 0.903. The normalized spacial score (nSPS) is 28.1. The van der Waals surface area contributed by atoms with Crippen LogP contribution in [0.15, 0.2) is 29.3 Å². The molecule has 0 bridgehead atoms. The maximum atomic E-state index is 5.59. The fourth-order valence-corrected chi connectivity index (χ4v) is 1.19. The van der Waals surface area contributed by atoms with Crippen LogP contribution in [-0.2, 0) is 0 Å². The van der Waals surface area contributed by atoms with Gasteiger partial charge in [0, 0.05) is 0 Å². The largest absolute Gasteiger partial charge is 0.337 e. The summed E-state index contributed by atoms with van der Waals surface area (Å²) >= 11 is 0. The zero-order valence-electron chi connectivity index (χ0n) is 5.99. The van der Waals surface area contributed by atoms with Crippen LogP contribution < -0.4 is 16.5 Å². The number of rotatable bonds is 0. The summed E-state index contributed by atoms with van der Waals surface area (Å²) in [6.07, 6.45) is 5.43. The first-order valence-corrected chi connectivity index (χ1v) is 3.37. The van der Waals surface area contributed by atoms with Gasteiger partial charge in [-0.2, -0.15) is 4.99 Å². The van der Waals surface area contributed by atoms with Crippen LogP contribution in [0.4, 0.5) is 0 Å². The minimum Gasteiger partial charge on any atom is -0.337 e. The first-order chi connectivity index (χ1) is 5.27. The Kier molecular flexibility index (Phi) is 1.21. The highest BCUT2D eigenvalue weighted by Gasteiger charge is 2.26. The number of fused-ring (bicyclic) bond motifs is 1. The Morgan fingerprint density at radius 2 is 2.45 bits per heavy atom. The highest BCUT2D eigenvalue weighted by Crippen LogP contribution is 1.97. The number of guanidine groups is 1. The molecule has 2 aliphatic rings. The molecule has 0 aromatic carbocycles. The standard InChI is InChI=1S/C6H9N5/c7-6-9-3-5-4-10(8)1-2-11(5)6/h1-3H,4,8H2,(H2,7,9)/p+1. The third-order valence-corrected chi connectivity index (χ3v) is 1.77. The maximum Gasteiger partial charge on any atom is 0.307 e. The number of nitrogens with two attached hydrogens (primary N) is 2. The molecule has 2 aliphatic heterocycles. The molecule has 0 saturated carbocycles. The van der Waals surface area contributed by atoms with E-state index in [1.807, 2.05) is 6.20 Å². The van der Waals surface area contributed by atoms with Crippen molar-refractivity contribution >= 4 is 5.96 Å². The lowest BCUT2D eigenvalue weighted by atomic mass is 10.4. The molecular formula is C6H10N5+. The summed E-state index contributed by atoms with van der Waals surface area (Å²) in [7, 11) is 0. The average molecular weight is 152 g/mol. The summed E-state index contributed by atoms with van der Waals surface area (Å²) in [5.74, 6) is 6.12. The summed E-state index contributed by atoms with van der Waals surface area (Å²) in [5, 5.41) is 1.60. The van der Waals surface area contributed by atoms with Crippen LogP contribution in [-0.4, -0.2) is 17.5 Å². The summed E-state index contributed by atoms with van der Waals surface area (Å²) in [6, 6.07) is 0. The Hall–Kier alpha value is -1.33. The van der Waals surface area contributed by atoms with E-state index >= 15 is 0 Å². The molecule has 58 valence electrons. The van der Waals surface area contributed by atoms with Gasteiger partial charge in [-0.1, -0.05) is 0 Å². The molecule has 2 rings (SSSR count). The van der Waals surface area contributed by atoms with Crippen LogP contribution in [0.1, 0.15) is 0 Å². The lowest BCUT2D eigenvalue weighted by Crippen LogP contribution is -3.10. The summed E-state index contributed by atoms with van der Waals surface area (Å²) in [6.45, 7) is 0.691. The zero-order valence-corrected chi connectivity index (χ0v) is 5.99. The lowest BCUT2D eigenvalue weighted by molar-refractivity contribution is -0.703. The van der Waals surface area contributed by atoms with E-state index < -0.39 is 0 Å². The molecule has 1 unspecified atom stereocenters. The average Bonchev–Trinajstić information content (AvgIpc) is 2.32. The molecule has 0 amide bonds. The second-order valence-electron chi connectivity index (χ2n) is 2.57. The van der Waals surface area contributed by atoms with Gasteiger partial charge >= 0.3 is 5.96 Å². The SMILES string of the molecule is NC1=NC=C2CN(N)C=C[NH+]21. The molecule has 0 fully saturated rings. The maximum absolute atomic E-state index is 5.59. The highest BCUT2D eigenvalue weighted by atomic mass is 15.4. The molecule has 0 aromatic rings. The second kappa shape index (κ2) is 2.08. The quantitative estimate of drug-likeness (QED) is 0.342. The fourth-order valence-electron chi connectivity index (χ4n) is 1.19. The molecule has 0 aliphatic carbocycles. The van der Waals surface area contributed by atoms with Crippen molar-refractivity contribution in [1.82, 2.24) is 5.01 Å². The number of hydrogen-bond donors (Lipinski definition) is 3. The van der Waals surface area contributed by atoms with Gasteiger partial charge in [0.2, 0.25) is 0 Å².